The summed E-state index contributed by atoms with van der Waals surface area (Å²) in [7, 11) is 1.43. The number of nitro groups is 1. The molecule has 1 aromatic rings. The molecule has 0 atom stereocenters. The van der Waals surface area contributed by atoms with Crippen molar-refractivity contribution in [3.05, 3.63) is 39.4 Å². The highest BCUT2D eigenvalue weighted by Gasteiger charge is 2.18. The lowest BCUT2D eigenvalue weighted by molar-refractivity contribution is -0.386. The van der Waals surface area contributed by atoms with Crippen LogP contribution in [0.15, 0.2) is 18.2 Å². The molecule has 0 fully saturated rings. The van der Waals surface area contributed by atoms with E-state index in [4.69, 9.17) is 4.74 Å². The minimum absolute atomic E-state index is 0.0331. The maximum absolute atomic E-state index is 10.8. The van der Waals surface area contributed by atoms with Crippen LogP contribution in [-0.4, -0.2) is 12.0 Å². The minimum Gasteiger partial charge on any atom is -0.490 e. The molecular formula is C11H13NO3. The number of nitrogens with zero attached hydrogens (tertiary/aromatic N) is 1. The molecule has 4 nitrogen and oxygen atoms in total. The van der Waals surface area contributed by atoms with E-state index in [9.17, 15) is 10.1 Å². The Balaban J connectivity index is 3.36. The van der Waals surface area contributed by atoms with Gasteiger partial charge >= 0.3 is 5.69 Å². The average Bonchev–Trinajstić information content (AvgIpc) is 2.16. The molecule has 0 saturated heterocycles. The van der Waals surface area contributed by atoms with Gasteiger partial charge in [0.15, 0.2) is 5.75 Å². The van der Waals surface area contributed by atoms with Crippen LogP contribution >= 0.6 is 0 Å². The number of aryl methyl sites for hydroxylation is 1. The zero-order valence-electron chi connectivity index (χ0n) is 8.98. The Labute approximate surface area is 88.3 Å². The van der Waals surface area contributed by atoms with Gasteiger partial charge in [-0.2, -0.15) is 0 Å². The van der Waals surface area contributed by atoms with Crippen molar-refractivity contribution in [2.24, 2.45) is 0 Å². The molecule has 0 aliphatic heterocycles. The zero-order valence-corrected chi connectivity index (χ0v) is 8.98. The smallest absolute Gasteiger partial charge is 0.313 e. The Bertz CT molecular complexity index is 411. The average molecular weight is 207 g/mol. The molecule has 0 radical (unpaired) electrons. The van der Waals surface area contributed by atoms with Gasteiger partial charge in [-0.3, -0.25) is 10.1 Å². The second kappa shape index (κ2) is 4.59. The third-order valence-corrected chi connectivity index (χ3v) is 2.05. The second-order valence-corrected chi connectivity index (χ2v) is 3.15. The molecule has 15 heavy (non-hydrogen) atoms. The molecule has 0 aliphatic rings. The first-order chi connectivity index (χ1) is 7.10. The van der Waals surface area contributed by atoms with E-state index in [2.05, 4.69) is 0 Å². The molecule has 0 bridgehead atoms. The lowest BCUT2D eigenvalue weighted by Crippen LogP contribution is -1.97. The lowest BCUT2D eigenvalue weighted by atomic mass is 10.1. The van der Waals surface area contributed by atoms with Gasteiger partial charge in [-0.1, -0.05) is 12.2 Å². The first-order valence-electron chi connectivity index (χ1n) is 4.56. The van der Waals surface area contributed by atoms with E-state index in [1.165, 1.54) is 7.11 Å². The SMILES string of the molecule is C/C=C\c1cc(C)c([N+](=O)[O-])c(OC)c1. The fraction of sp³-hybridized carbons (Fsp3) is 0.273. The maximum atomic E-state index is 10.8. The third kappa shape index (κ3) is 2.34. The van der Waals surface area contributed by atoms with Crippen LogP contribution < -0.4 is 4.74 Å². The van der Waals surface area contributed by atoms with E-state index < -0.39 is 4.92 Å². The van der Waals surface area contributed by atoms with Crippen molar-refractivity contribution in [1.29, 1.82) is 0 Å². The molecule has 0 N–H and O–H groups in total. The van der Waals surface area contributed by atoms with Gasteiger partial charge in [0.2, 0.25) is 0 Å². The summed E-state index contributed by atoms with van der Waals surface area (Å²) in [5.41, 5.74) is 1.54. The minimum atomic E-state index is -0.423. The molecule has 0 heterocycles. The standard InChI is InChI=1S/C11H13NO3/c1-4-5-9-6-8(2)11(12(13)14)10(7-9)15-3/h4-7H,1-3H3/b5-4-. The van der Waals surface area contributed by atoms with Crippen LogP contribution in [0.2, 0.25) is 0 Å². The number of ether oxygens (including phenoxy) is 1. The van der Waals surface area contributed by atoms with Crippen molar-refractivity contribution in [2.75, 3.05) is 7.11 Å². The number of benzene rings is 1. The first kappa shape index (κ1) is 11.2. The van der Waals surface area contributed by atoms with Crippen molar-refractivity contribution in [1.82, 2.24) is 0 Å². The second-order valence-electron chi connectivity index (χ2n) is 3.15. The van der Waals surface area contributed by atoms with Gasteiger partial charge in [-0.05, 0) is 31.5 Å². The topological polar surface area (TPSA) is 52.4 Å². The van der Waals surface area contributed by atoms with Gasteiger partial charge < -0.3 is 4.74 Å². The van der Waals surface area contributed by atoms with Crippen LogP contribution in [0.3, 0.4) is 0 Å². The van der Waals surface area contributed by atoms with Crippen LogP contribution in [0, 0.1) is 17.0 Å². The molecular weight excluding hydrogens is 194 g/mol. The molecule has 0 spiro atoms. The van der Waals surface area contributed by atoms with Gasteiger partial charge in [0.25, 0.3) is 0 Å². The van der Waals surface area contributed by atoms with Crippen molar-refractivity contribution < 1.29 is 9.66 Å². The van der Waals surface area contributed by atoms with E-state index in [1.807, 2.05) is 19.1 Å². The third-order valence-electron chi connectivity index (χ3n) is 2.05. The quantitative estimate of drug-likeness (QED) is 0.565. The number of methoxy groups -OCH3 is 1. The van der Waals surface area contributed by atoms with E-state index >= 15 is 0 Å². The van der Waals surface area contributed by atoms with Crippen molar-refractivity contribution >= 4 is 11.8 Å². The van der Waals surface area contributed by atoms with E-state index in [1.54, 1.807) is 19.1 Å². The number of rotatable bonds is 3. The van der Waals surface area contributed by atoms with Crippen LogP contribution in [0.25, 0.3) is 6.08 Å². The normalized spacial score (nSPS) is 10.6. The van der Waals surface area contributed by atoms with Gasteiger partial charge in [0.1, 0.15) is 0 Å². The number of allylic oxidation sites excluding steroid dienone is 1. The Morgan fingerprint density at radius 2 is 2.13 bits per heavy atom. The monoisotopic (exact) mass is 207 g/mol. The summed E-state index contributed by atoms with van der Waals surface area (Å²) < 4.78 is 5.00. The first-order valence-corrected chi connectivity index (χ1v) is 4.56. The van der Waals surface area contributed by atoms with Gasteiger partial charge in [0, 0.05) is 5.56 Å². The summed E-state index contributed by atoms with van der Waals surface area (Å²) in [5, 5.41) is 10.8. The number of hydrogen-bond acceptors (Lipinski definition) is 3. The van der Waals surface area contributed by atoms with Crippen LogP contribution in [0.1, 0.15) is 18.1 Å². The Morgan fingerprint density at radius 3 is 2.60 bits per heavy atom. The maximum Gasteiger partial charge on any atom is 0.313 e. The van der Waals surface area contributed by atoms with Crippen LogP contribution in [0.4, 0.5) is 5.69 Å². The van der Waals surface area contributed by atoms with Gasteiger partial charge in [-0.25, -0.2) is 0 Å². The Kier molecular flexibility index (Phi) is 3.44. The molecule has 0 unspecified atom stereocenters. The fourth-order valence-electron chi connectivity index (χ4n) is 1.45. The summed E-state index contributed by atoms with van der Waals surface area (Å²) in [6, 6.07) is 3.42. The highest BCUT2D eigenvalue weighted by atomic mass is 16.6. The van der Waals surface area contributed by atoms with Crippen LogP contribution in [-0.2, 0) is 0 Å². The lowest BCUT2D eigenvalue weighted by Gasteiger charge is -2.05. The fourth-order valence-corrected chi connectivity index (χ4v) is 1.45. The predicted octanol–water partition coefficient (Wildman–Crippen LogP) is 2.94. The van der Waals surface area contributed by atoms with Gasteiger partial charge in [0.05, 0.1) is 12.0 Å². The molecule has 0 aliphatic carbocycles. The molecule has 1 aromatic carbocycles. The van der Waals surface area contributed by atoms with E-state index in [-0.39, 0.29) is 5.69 Å². The Hall–Kier alpha value is -1.84. The molecule has 1 rings (SSSR count). The summed E-state index contributed by atoms with van der Waals surface area (Å²) in [6.07, 6.45) is 3.75. The summed E-state index contributed by atoms with van der Waals surface area (Å²) in [4.78, 5) is 10.4. The number of hydrogen-bond donors (Lipinski definition) is 0. The van der Waals surface area contributed by atoms with Crippen LogP contribution in [0.5, 0.6) is 5.75 Å². The van der Waals surface area contributed by atoms with Crippen molar-refractivity contribution in [3.8, 4) is 5.75 Å². The molecule has 4 heteroatoms. The summed E-state index contributed by atoms with van der Waals surface area (Å²) >= 11 is 0. The van der Waals surface area contributed by atoms with Crippen molar-refractivity contribution in [3.63, 3.8) is 0 Å². The molecule has 0 amide bonds. The molecule has 0 saturated carbocycles. The Morgan fingerprint density at radius 1 is 1.47 bits per heavy atom. The predicted molar refractivity (Wildman–Crippen MR) is 59.1 cm³/mol. The molecule has 80 valence electrons. The van der Waals surface area contributed by atoms with Crippen molar-refractivity contribution in [2.45, 2.75) is 13.8 Å². The zero-order chi connectivity index (χ0) is 11.4. The van der Waals surface area contributed by atoms with E-state index in [0.29, 0.717) is 11.3 Å². The van der Waals surface area contributed by atoms with Gasteiger partial charge in [-0.15, -0.1) is 0 Å². The number of nitro benzene ring substituents is 1. The summed E-state index contributed by atoms with van der Waals surface area (Å²) in [6.45, 7) is 3.59. The highest BCUT2D eigenvalue weighted by Crippen LogP contribution is 2.32. The summed E-state index contributed by atoms with van der Waals surface area (Å²) in [5.74, 6) is 0.299. The van der Waals surface area contributed by atoms with E-state index in [0.717, 1.165) is 5.56 Å². The molecule has 0 aromatic heterocycles. The highest BCUT2D eigenvalue weighted by molar-refractivity contribution is 5.61. The largest absolute Gasteiger partial charge is 0.490 e.